The molecule has 0 saturated carbocycles. The van der Waals surface area contributed by atoms with E-state index in [0.717, 1.165) is 42.9 Å². The number of hydrogen-bond donors (Lipinski definition) is 1. The van der Waals surface area contributed by atoms with Crippen LogP contribution in [0.2, 0.25) is 5.02 Å². The van der Waals surface area contributed by atoms with Gasteiger partial charge in [-0.05, 0) is 56.1 Å². The average Bonchev–Trinajstić information content (AvgIpc) is 2.59. The molecule has 2 saturated heterocycles. The van der Waals surface area contributed by atoms with Crippen molar-refractivity contribution in [2.45, 2.75) is 12.8 Å². The van der Waals surface area contributed by atoms with E-state index in [-0.39, 0.29) is 0 Å². The molecule has 0 bridgehead atoms. The predicted octanol–water partition coefficient (Wildman–Crippen LogP) is 2.34. The summed E-state index contributed by atoms with van der Waals surface area (Å²) in [6.07, 6.45) is 2.73. The maximum Gasteiger partial charge on any atom is 0.119 e. The monoisotopic (exact) mass is 337 g/mol. The molecule has 23 heavy (non-hydrogen) atoms. The van der Waals surface area contributed by atoms with E-state index in [1.165, 1.54) is 45.6 Å². The zero-order chi connectivity index (χ0) is 15.9. The van der Waals surface area contributed by atoms with Gasteiger partial charge in [-0.3, -0.25) is 4.90 Å². The molecule has 128 valence electrons. The van der Waals surface area contributed by atoms with Crippen molar-refractivity contribution in [3.63, 3.8) is 0 Å². The first-order valence-corrected chi connectivity index (χ1v) is 9.21. The third-order valence-corrected chi connectivity index (χ3v) is 5.12. The molecule has 2 aliphatic heterocycles. The lowest BCUT2D eigenvalue weighted by atomic mass is 9.99. The highest BCUT2D eigenvalue weighted by atomic mass is 35.5. The predicted molar refractivity (Wildman–Crippen MR) is 95.4 cm³/mol. The van der Waals surface area contributed by atoms with Crippen molar-refractivity contribution in [1.29, 1.82) is 0 Å². The Balaban J connectivity index is 1.30. The van der Waals surface area contributed by atoms with Gasteiger partial charge in [0.05, 0.1) is 0 Å². The molecule has 0 radical (unpaired) electrons. The van der Waals surface area contributed by atoms with Gasteiger partial charge in [0.1, 0.15) is 12.4 Å². The molecular formula is C18H28ClN3O. The second-order valence-electron chi connectivity index (χ2n) is 6.66. The molecule has 1 unspecified atom stereocenters. The second-order valence-corrected chi connectivity index (χ2v) is 7.09. The Kier molecular flexibility index (Phi) is 6.57. The number of benzene rings is 1. The van der Waals surface area contributed by atoms with Gasteiger partial charge >= 0.3 is 0 Å². The summed E-state index contributed by atoms with van der Waals surface area (Å²) in [7, 11) is 0. The molecule has 5 heteroatoms. The highest BCUT2D eigenvalue weighted by molar-refractivity contribution is 6.30. The van der Waals surface area contributed by atoms with E-state index in [2.05, 4.69) is 15.1 Å². The van der Waals surface area contributed by atoms with E-state index >= 15 is 0 Å². The fourth-order valence-corrected chi connectivity index (χ4v) is 3.59. The van der Waals surface area contributed by atoms with Crippen LogP contribution >= 0.6 is 11.6 Å². The topological polar surface area (TPSA) is 27.7 Å². The minimum Gasteiger partial charge on any atom is -0.492 e. The van der Waals surface area contributed by atoms with Crippen LogP contribution in [-0.2, 0) is 0 Å². The number of nitrogens with zero attached hydrogens (tertiary/aromatic N) is 2. The highest BCUT2D eigenvalue weighted by Crippen LogP contribution is 2.16. The van der Waals surface area contributed by atoms with Crippen LogP contribution in [0.5, 0.6) is 5.75 Å². The maximum absolute atomic E-state index is 5.88. The second kappa shape index (κ2) is 8.88. The number of nitrogens with one attached hydrogen (secondary N) is 1. The Bertz CT molecular complexity index is 454. The molecule has 0 amide bonds. The quantitative estimate of drug-likeness (QED) is 0.862. The van der Waals surface area contributed by atoms with Gasteiger partial charge in [-0.1, -0.05) is 11.6 Å². The molecule has 0 aliphatic carbocycles. The lowest BCUT2D eigenvalue weighted by Gasteiger charge is -2.37. The number of rotatable bonds is 6. The van der Waals surface area contributed by atoms with Crippen LogP contribution in [0.1, 0.15) is 12.8 Å². The number of hydrogen-bond acceptors (Lipinski definition) is 4. The van der Waals surface area contributed by atoms with Crippen molar-refractivity contribution in [3.8, 4) is 5.75 Å². The zero-order valence-corrected chi connectivity index (χ0v) is 14.6. The fraction of sp³-hybridized carbons (Fsp3) is 0.667. The summed E-state index contributed by atoms with van der Waals surface area (Å²) < 4.78 is 5.79. The number of halogens is 1. The van der Waals surface area contributed by atoms with Crippen molar-refractivity contribution >= 4 is 11.6 Å². The summed E-state index contributed by atoms with van der Waals surface area (Å²) in [5.41, 5.74) is 0. The van der Waals surface area contributed by atoms with Crippen LogP contribution < -0.4 is 10.1 Å². The van der Waals surface area contributed by atoms with Gasteiger partial charge in [-0.2, -0.15) is 0 Å². The number of piperazine rings is 1. The van der Waals surface area contributed by atoms with E-state index in [1.807, 2.05) is 24.3 Å². The van der Waals surface area contributed by atoms with Crippen LogP contribution in [0.25, 0.3) is 0 Å². The van der Waals surface area contributed by atoms with Gasteiger partial charge < -0.3 is 15.0 Å². The molecule has 0 spiro atoms. The van der Waals surface area contributed by atoms with Crippen LogP contribution in [-0.4, -0.2) is 68.8 Å². The van der Waals surface area contributed by atoms with Gasteiger partial charge in [-0.25, -0.2) is 0 Å². The molecule has 4 nitrogen and oxygen atoms in total. The van der Waals surface area contributed by atoms with Gasteiger partial charge in [0, 0.05) is 44.3 Å². The Morgan fingerprint density at radius 3 is 2.52 bits per heavy atom. The molecule has 2 fully saturated rings. The Labute approximate surface area is 144 Å². The molecule has 1 aromatic rings. The molecular weight excluding hydrogens is 310 g/mol. The van der Waals surface area contributed by atoms with Gasteiger partial charge in [0.15, 0.2) is 0 Å². The first-order chi connectivity index (χ1) is 11.3. The third-order valence-electron chi connectivity index (χ3n) is 4.87. The minimum absolute atomic E-state index is 0.744. The summed E-state index contributed by atoms with van der Waals surface area (Å²) in [5, 5.41) is 4.27. The first-order valence-electron chi connectivity index (χ1n) is 8.83. The summed E-state index contributed by atoms with van der Waals surface area (Å²) >= 11 is 5.88. The molecule has 0 aromatic heterocycles. The van der Waals surface area contributed by atoms with Crippen LogP contribution in [0, 0.1) is 5.92 Å². The molecule has 2 aliphatic rings. The highest BCUT2D eigenvalue weighted by Gasteiger charge is 2.21. The molecule has 3 rings (SSSR count). The summed E-state index contributed by atoms with van der Waals surface area (Å²) in [6, 6.07) is 7.60. The van der Waals surface area contributed by atoms with E-state index in [4.69, 9.17) is 16.3 Å². The average molecular weight is 338 g/mol. The third kappa shape index (κ3) is 5.64. The van der Waals surface area contributed by atoms with Crippen LogP contribution in [0.3, 0.4) is 0 Å². The van der Waals surface area contributed by atoms with Crippen LogP contribution in [0.15, 0.2) is 24.3 Å². The standard InChI is InChI=1S/C18H28ClN3O/c19-17-3-5-18(6-4-17)23-13-12-21-8-10-22(11-9-21)15-16-2-1-7-20-14-16/h3-6,16,20H,1-2,7-15H2. The fourth-order valence-electron chi connectivity index (χ4n) is 3.46. The minimum atomic E-state index is 0.744. The molecule has 2 heterocycles. The summed E-state index contributed by atoms with van der Waals surface area (Å²) in [4.78, 5) is 5.14. The van der Waals surface area contributed by atoms with Crippen molar-refractivity contribution in [2.24, 2.45) is 5.92 Å². The summed E-state index contributed by atoms with van der Waals surface area (Å²) in [6.45, 7) is 10.1. The largest absolute Gasteiger partial charge is 0.492 e. The van der Waals surface area contributed by atoms with Gasteiger partial charge in [-0.15, -0.1) is 0 Å². The van der Waals surface area contributed by atoms with E-state index in [0.29, 0.717) is 0 Å². The molecule has 1 N–H and O–H groups in total. The van der Waals surface area contributed by atoms with Crippen molar-refractivity contribution in [2.75, 3.05) is 59.0 Å². The SMILES string of the molecule is Clc1ccc(OCCN2CCN(CC3CCCNC3)CC2)cc1. The van der Waals surface area contributed by atoms with E-state index < -0.39 is 0 Å². The van der Waals surface area contributed by atoms with Crippen molar-refractivity contribution in [1.82, 2.24) is 15.1 Å². The normalized spacial score (nSPS) is 23.8. The first kappa shape index (κ1) is 17.0. The Hall–Kier alpha value is -0.810. The van der Waals surface area contributed by atoms with Crippen molar-refractivity contribution in [3.05, 3.63) is 29.3 Å². The molecule has 1 aromatic carbocycles. The Morgan fingerprint density at radius 1 is 1.09 bits per heavy atom. The van der Waals surface area contributed by atoms with Crippen molar-refractivity contribution < 1.29 is 4.74 Å². The number of piperidine rings is 1. The smallest absolute Gasteiger partial charge is 0.119 e. The van der Waals surface area contributed by atoms with Gasteiger partial charge in [0.25, 0.3) is 0 Å². The number of ether oxygens (including phenoxy) is 1. The van der Waals surface area contributed by atoms with Gasteiger partial charge in [0.2, 0.25) is 0 Å². The summed E-state index contributed by atoms with van der Waals surface area (Å²) in [5.74, 6) is 1.75. The Morgan fingerprint density at radius 2 is 1.83 bits per heavy atom. The molecule has 1 atom stereocenters. The lowest BCUT2D eigenvalue weighted by molar-refractivity contribution is 0.101. The zero-order valence-electron chi connectivity index (χ0n) is 13.8. The lowest BCUT2D eigenvalue weighted by Crippen LogP contribution is -2.49. The van der Waals surface area contributed by atoms with Crippen LogP contribution in [0.4, 0.5) is 0 Å². The maximum atomic E-state index is 5.88. The van der Waals surface area contributed by atoms with E-state index in [9.17, 15) is 0 Å². The van der Waals surface area contributed by atoms with E-state index in [1.54, 1.807) is 0 Å².